The molecule has 0 spiro atoms. The topological polar surface area (TPSA) is 44.5 Å². The summed E-state index contributed by atoms with van der Waals surface area (Å²) < 4.78 is 10.5. The second-order valence-electron chi connectivity index (χ2n) is 3.84. The van der Waals surface area contributed by atoms with E-state index in [0.29, 0.717) is 11.9 Å². The molecule has 4 heteroatoms. The highest BCUT2D eigenvalue weighted by Gasteiger charge is 2.08. The van der Waals surface area contributed by atoms with Crippen LogP contribution in [0.3, 0.4) is 0 Å². The normalized spacial score (nSPS) is 12.4. The van der Waals surface area contributed by atoms with Crippen LogP contribution in [0.25, 0.3) is 0 Å². The summed E-state index contributed by atoms with van der Waals surface area (Å²) >= 11 is 1.77. The van der Waals surface area contributed by atoms with Crippen molar-refractivity contribution in [2.45, 2.75) is 30.4 Å². The van der Waals surface area contributed by atoms with Crippen LogP contribution in [0.2, 0.25) is 0 Å². The van der Waals surface area contributed by atoms with Gasteiger partial charge in [-0.15, -0.1) is 11.8 Å². The SMILES string of the molecule is CCOc1ccc(N)c(SC(C)CCOC)c1. The molecule has 0 aliphatic carbocycles. The second kappa shape index (κ2) is 7.45. The highest BCUT2D eigenvalue weighted by molar-refractivity contribution is 8.00. The van der Waals surface area contributed by atoms with Gasteiger partial charge in [-0.05, 0) is 31.5 Å². The summed E-state index contributed by atoms with van der Waals surface area (Å²) in [4.78, 5) is 1.08. The van der Waals surface area contributed by atoms with Crippen molar-refractivity contribution in [2.24, 2.45) is 0 Å². The predicted octanol–water partition coefficient (Wildman–Crippen LogP) is 3.18. The lowest BCUT2D eigenvalue weighted by atomic mass is 10.3. The Hall–Kier alpha value is -0.870. The molecule has 0 bridgehead atoms. The Balaban J connectivity index is 2.64. The van der Waals surface area contributed by atoms with Crippen LogP contribution in [0.4, 0.5) is 5.69 Å². The number of ether oxygens (including phenoxy) is 2. The molecule has 2 N–H and O–H groups in total. The molecule has 0 radical (unpaired) electrons. The van der Waals surface area contributed by atoms with E-state index in [4.69, 9.17) is 15.2 Å². The number of nitrogens with two attached hydrogens (primary N) is 1. The fraction of sp³-hybridized carbons (Fsp3) is 0.538. The van der Waals surface area contributed by atoms with Gasteiger partial charge in [0.05, 0.1) is 6.61 Å². The van der Waals surface area contributed by atoms with Gasteiger partial charge in [-0.25, -0.2) is 0 Å². The van der Waals surface area contributed by atoms with Crippen LogP contribution in [0, 0.1) is 0 Å². The van der Waals surface area contributed by atoms with E-state index in [1.165, 1.54) is 0 Å². The van der Waals surface area contributed by atoms with E-state index < -0.39 is 0 Å². The van der Waals surface area contributed by atoms with Crippen molar-refractivity contribution in [1.82, 2.24) is 0 Å². The first-order valence-electron chi connectivity index (χ1n) is 5.85. The molecule has 0 aliphatic heterocycles. The molecule has 3 nitrogen and oxygen atoms in total. The average Bonchev–Trinajstić information content (AvgIpc) is 2.31. The first-order chi connectivity index (χ1) is 8.17. The van der Waals surface area contributed by atoms with Crippen LogP contribution in [0.5, 0.6) is 5.75 Å². The third kappa shape index (κ3) is 4.88. The molecule has 0 saturated heterocycles. The molecule has 0 fully saturated rings. The number of hydrogen-bond donors (Lipinski definition) is 1. The number of hydrogen-bond acceptors (Lipinski definition) is 4. The summed E-state index contributed by atoms with van der Waals surface area (Å²) in [6, 6.07) is 5.81. The molecule has 0 aliphatic rings. The Morgan fingerprint density at radius 3 is 2.82 bits per heavy atom. The van der Waals surface area contributed by atoms with Gasteiger partial charge in [0, 0.05) is 29.5 Å². The molecule has 1 unspecified atom stereocenters. The molecule has 1 atom stereocenters. The maximum Gasteiger partial charge on any atom is 0.120 e. The molecule has 1 aromatic carbocycles. The minimum Gasteiger partial charge on any atom is -0.494 e. The van der Waals surface area contributed by atoms with E-state index in [1.54, 1.807) is 18.9 Å². The monoisotopic (exact) mass is 255 g/mol. The van der Waals surface area contributed by atoms with Crippen molar-refractivity contribution in [3.63, 3.8) is 0 Å². The Bertz CT molecular complexity index is 344. The number of methoxy groups -OCH3 is 1. The number of benzene rings is 1. The molecular formula is C13H21NO2S. The molecule has 17 heavy (non-hydrogen) atoms. The molecule has 0 saturated carbocycles. The summed E-state index contributed by atoms with van der Waals surface area (Å²) in [6.07, 6.45) is 1.01. The molecule has 1 aromatic rings. The summed E-state index contributed by atoms with van der Waals surface area (Å²) in [5.74, 6) is 0.878. The molecule has 96 valence electrons. The van der Waals surface area contributed by atoms with Crippen LogP contribution < -0.4 is 10.5 Å². The maximum absolute atomic E-state index is 5.95. The lowest BCUT2D eigenvalue weighted by Gasteiger charge is -2.13. The van der Waals surface area contributed by atoms with E-state index in [1.807, 2.05) is 25.1 Å². The van der Waals surface area contributed by atoms with Crippen LogP contribution in [-0.2, 0) is 4.74 Å². The zero-order valence-corrected chi connectivity index (χ0v) is 11.5. The molecule has 0 aromatic heterocycles. The van der Waals surface area contributed by atoms with Crippen molar-refractivity contribution < 1.29 is 9.47 Å². The summed E-state index contributed by atoms with van der Waals surface area (Å²) in [5, 5.41) is 0.481. The fourth-order valence-electron chi connectivity index (χ4n) is 1.43. The third-order valence-corrected chi connectivity index (χ3v) is 3.60. The summed E-state index contributed by atoms with van der Waals surface area (Å²) in [5.41, 5.74) is 6.76. The number of thioether (sulfide) groups is 1. The molecule has 0 amide bonds. The van der Waals surface area contributed by atoms with Gasteiger partial charge in [0.15, 0.2) is 0 Å². The van der Waals surface area contributed by atoms with Gasteiger partial charge < -0.3 is 15.2 Å². The lowest BCUT2D eigenvalue weighted by Crippen LogP contribution is -2.02. The first-order valence-corrected chi connectivity index (χ1v) is 6.73. The van der Waals surface area contributed by atoms with Crippen molar-refractivity contribution in [3.05, 3.63) is 18.2 Å². The third-order valence-electron chi connectivity index (χ3n) is 2.35. The predicted molar refractivity (Wildman–Crippen MR) is 73.8 cm³/mol. The fourth-order valence-corrected chi connectivity index (χ4v) is 2.47. The van der Waals surface area contributed by atoms with Gasteiger partial charge in [-0.2, -0.15) is 0 Å². The van der Waals surface area contributed by atoms with E-state index >= 15 is 0 Å². The Labute approximate surface area is 108 Å². The van der Waals surface area contributed by atoms with Crippen LogP contribution in [-0.4, -0.2) is 25.6 Å². The zero-order valence-electron chi connectivity index (χ0n) is 10.7. The largest absolute Gasteiger partial charge is 0.494 e. The van der Waals surface area contributed by atoms with Gasteiger partial charge in [0.2, 0.25) is 0 Å². The Kier molecular flexibility index (Phi) is 6.22. The quantitative estimate of drug-likeness (QED) is 0.600. The number of anilines is 1. The highest BCUT2D eigenvalue weighted by Crippen LogP contribution is 2.33. The maximum atomic E-state index is 5.95. The minimum absolute atomic E-state index is 0.481. The van der Waals surface area contributed by atoms with Crippen molar-refractivity contribution >= 4 is 17.4 Å². The highest BCUT2D eigenvalue weighted by atomic mass is 32.2. The smallest absolute Gasteiger partial charge is 0.120 e. The van der Waals surface area contributed by atoms with Crippen molar-refractivity contribution in [1.29, 1.82) is 0 Å². The van der Waals surface area contributed by atoms with Crippen LogP contribution >= 0.6 is 11.8 Å². The first kappa shape index (κ1) is 14.2. The molecule has 1 rings (SSSR count). The molecule has 0 heterocycles. The average molecular weight is 255 g/mol. The second-order valence-corrected chi connectivity index (χ2v) is 5.32. The number of rotatable bonds is 7. The van der Waals surface area contributed by atoms with Crippen molar-refractivity contribution in [2.75, 3.05) is 26.1 Å². The van der Waals surface area contributed by atoms with Gasteiger partial charge in [-0.1, -0.05) is 6.92 Å². The van der Waals surface area contributed by atoms with Gasteiger partial charge in [0.25, 0.3) is 0 Å². The summed E-state index contributed by atoms with van der Waals surface area (Å²) in [6.45, 7) is 5.60. The van der Waals surface area contributed by atoms with E-state index in [9.17, 15) is 0 Å². The van der Waals surface area contributed by atoms with Crippen molar-refractivity contribution in [3.8, 4) is 5.75 Å². The Morgan fingerprint density at radius 2 is 2.18 bits per heavy atom. The van der Waals surface area contributed by atoms with E-state index in [0.717, 1.165) is 29.4 Å². The minimum atomic E-state index is 0.481. The van der Waals surface area contributed by atoms with Gasteiger partial charge >= 0.3 is 0 Å². The van der Waals surface area contributed by atoms with Crippen LogP contribution in [0.1, 0.15) is 20.3 Å². The van der Waals surface area contributed by atoms with Gasteiger partial charge in [0.1, 0.15) is 5.75 Å². The lowest BCUT2D eigenvalue weighted by molar-refractivity contribution is 0.195. The zero-order chi connectivity index (χ0) is 12.7. The van der Waals surface area contributed by atoms with Gasteiger partial charge in [-0.3, -0.25) is 0 Å². The van der Waals surface area contributed by atoms with E-state index in [-0.39, 0.29) is 0 Å². The number of nitrogen functional groups attached to an aromatic ring is 1. The standard InChI is InChI=1S/C13H21NO2S/c1-4-16-11-5-6-12(14)13(9-11)17-10(2)7-8-15-3/h5-6,9-10H,4,7-8,14H2,1-3H3. The van der Waals surface area contributed by atoms with E-state index in [2.05, 4.69) is 6.92 Å². The molecular weight excluding hydrogens is 234 g/mol. The van der Waals surface area contributed by atoms with Crippen LogP contribution in [0.15, 0.2) is 23.1 Å². The Morgan fingerprint density at radius 1 is 1.41 bits per heavy atom. The summed E-state index contributed by atoms with van der Waals surface area (Å²) in [7, 11) is 1.72.